The molecule has 0 aromatic heterocycles. The highest BCUT2D eigenvalue weighted by Crippen LogP contribution is 2.23. The molecule has 1 aliphatic heterocycles. The number of rotatable bonds is 3. The normalized spacial score (nSPS) is 23.2. The van der Waals surface area contributed by atoms with E-state index in [2.05, 4.69) is 17.0 Å². The van der Waals surface area contributed by atoms with Crippen molar-refractivity contribution in [3.63, 3.8) is 0 Å². The van der Waals surface area contributed by atoms with Gasteiger partial charge in [0, 0.05) is 18.0 Å². The van der Waals surface area contributed by atoms with Crippen molar-refractivity contribution < 1.29 is 8.42 Å². The van der Waals surface area contributed by atoms with E-state index >= 15 is 0 Å². The lowest BCUT2D eigenvalue weighted by molar-refractivity contribution is 0.503. The molecule has 20 heavy (non-hydrogen) atoms. The summed E-state index contributed by atoms with van der Waals surface area (Å²) < 4.78 is 28.0. The average Bonchev–Trinajstić information content (AvgIpc) is 2.83. The number of sulfonamides is 1. The summed E-state index contributed by atoms with van der Waals surface area (Å²) in [6.45, 7) is 3.59. The quantitative estimate of drug-likeness (QED) is 0.905. The van der Waals surface area contributed by atoms with Crippen molar-refractivity contribution in [2.75, 3.05) is 13.1 Å². The fourth-order valence-corrected chi connectivity index (χ4v) is 4.23. The monoisotopic (exact) mass is 290 g/mol. The number of fused-ring (bicyclic) bond motifs is 1. The maximum atomic E-state index is 12.6. The first-order chi connectivity index (χ1) is 9.58. The molecule has 0 spiro atoms. The molecule has 1 saturated heterocycles. The fourth-order valence-electron chi connectivity index (χ4n) is 2.66. The van der Waals surface area contributed by atoms with Crippen LogP contribution >= 0.6 is 0 Å². The number of benzene rings is 2. The van der Waals surface area contributed by atoms with Gasteiger partial charge in [-0.05, 0) is 23.9 Å². The third-order valence-corrected chi connectivity index (χ3v) is 5.41. The van der Waals surface area contributed by atoms with E-state index in [4.69, 9.17) is 0 Å². The minimum atomic E-state index is -3.49. The first-order valence-electron chi connectivity index (χ1n) is 6.79. The summed E-state index contributed by atoms with van der Waals surface area (Å²) in [7, 11) is -3.49. The smallest absolute Gasteiger partial charge is 0.241 e. The molecule has 2 aromatic carbocycles. The molecule has 0 amide bonds. The first-order valence-corrected chi connectivity index (χ1v) is 8.27. The Balaban J connectivity index is 2.01. The molecule has 0 aliphatic carbocycles. The molecule has 2 N–H and O–H groups in total. The van der Waals surface area contributed by atoms with E-state index in [1.807, 2.05) is 30.3 Å². The van der Waals surface area contributed by atoms with Gasteiger partial charge in [-0.3, -0.25) is 0 Å². The summed E-state index contributed by atoms with van der Waals surface area (Å²) in [6.07, 6.45) is 0. The fraction of sp³-hybridized carbons (Fsp3) is 0.333. The second-order valence-electron chi connectivity index (χ2n) is 5.34. The average molecular weight is 290 g/mol. The van der Waals surface area contributed by atoms with Crippen molar-refractivity contribution in [3.05, 3.63) is 42.5 Å². The van der Waals surface area contributed by atoms with Crippen LogP contribution in [0, 0.1) is 5.92 Å². The zero-order valence-corrected chi connectivity index (χ0v) is 12.2. The Morgan fingerprint density at radius 1 is 1.10 bits per heavy atom. The molecule has 1 heterocycles. The van der Waals surface area contributed by atoms with Crippen molar-refractivity contribution in [2.45, 2.75) is 17.9 Å². The summed E-state index contributed by atoms with van der Waals surface area (Å²) in [5.41, 5.74) is 0. The molecule has 2 unspecified atom stereocenters. The molecule has 106 valence electrons. The van der Waals surface area contributed by atoms with Gasteiger partial charge in [-0.2, -0.15) is 0 Å². The zero-order chi connectivity index (χ0) is 14.2. The van der Waals surface area contributed by atoms with E-state index in [1.54, 1.807) is 12.1 Å². The van der Waals surface area contributed by atoms with E-state index < -0.39 is 10.0 Å². The van der Waals surface area contributed by atoms with E-state index in [9.17, 15) is 8.42 Å². The number of hydrogen-bond donors (Lipinski definition) is 2. The lowest BCUT2D eigenvalue weighted by Gasteiger charge is -2.17. The van der Waals surface area contributed by atoms with Crippen molar-refractivity contribution in [1.82, 2.24) is 10.0 Å². The molecule has 1 aliphatic rings. The Morgan fingerprint density at radius 3 is 2.60 bits per heavy atom. The maximum absolute atomic E-state index is 12.6. The summed E-state index contributed by atoms with van der Waals surface area (Å²) in [4.78, 5) is 0.356. The first kappa shape index (κ1) is 13.5. The van der Waals surface area contributed by atoms with Gasteiger partial charge in [0.2, 0.25) is 10.0 Å². The Hall–Kier alpha value is -1.43. The van der Waals surface area contributed by atoms with E-state index in [1.165, 1.54) is 0 Å². The standard InChI is InChI=1S/C15H18N2O2S/c1-11-9-16-10-14(11)17-20(18,19)15-8-4-6-12-5-2-3-7-13(12)15/h2-8,11,14,16-17H,9-10H2,1H3. The van der Waals surface area contributed by atoms with Crippen molar-refractivity contribution in [3.8, 4) is 0 Å². The molecule has 3 rings (SSSR count). The highest BCUT2D eigenvalue weighted by Gasteiger charge is 2.28. The van der Waals surface area contributed by atoms with Gasteiger partial charge in [-0.1, -0.05) is 43.3 Å². The molecule has 0 radical (unpaired) electrons. The predicted molar refractivity (Wildman–Crippen MR) is 80.1 cm³/mol. The molecule has 4 nitrogen and oxygen atoms in total. The van der Waals surface area contributed by atoms with Gasteiger partial charge in [0.15, 0.2) is 0 Å². The molecular weight excluding hydrogens is 272 g/mol. The molecule has 1 fully saturated rings. The van der Waals surface area contributed by atoms with Crippen molar-refractivity contribution >= 4 is 20.8 Å². The number of nitrogens with one attached hydrogen (secondary N) is 2. The Bertz CT molecular complexity index is 722. The summed E-state index contributed by atoms with van der Waals surface area (Å²) in [5, 5.41) is 4.91. The van der Waals surface area contributed by atoms with Crippen LogP contribution in [0.4, 0.5) is 0 Å². The van der Waals surface area contributed by atoms with Gasteiger partial charge in [-0.25, -0.2) is 13.1 Å². The Kier molecular flexibility index (Phi) is 3.50. The van der Waals surface area contributed by atoms with Crippen LogP contribution < -0.4 is 10.0 Å². The van der Waals surface area contributed by atoms with Crippen LogP contribution in [-0.2, 0) is 10.0 Å². The molecular formula is C15H18N2O2S. The van der Waals surface area contributed by atoms with E-state index in [0.717, 1.165) is 17.3 Å². The van der Waals surface area contributed by atoms with Crippen LogP contribution in [0.3, 0.4) is 0 Å². The topological polar surface area (TPSA) is 58.2 Å². The zero-order valence-electron chi connectivity index (χ0n) is 11.3. The molecule has 2 aromatic rings. The minimum absolute atomic E-state index is 0.0426. The second-order valence-corrected chi connectivity index (χ2v) is 7.02. The molecule has 5 heteroatoms. The lowest BCUT2D eigenvalue weighted by atomic mass is 10.1. The van der Waals surface area contributed by atoms with E-state index in [-0.39, 0.29) is 6.04 Å². The van der Waals surface area contributed by atoms with Crippen LogP contribution in [0.2, 0.25) is 0 Å². The van der Waals surface area contributed by atoms with Crippen LogP contribution in [0.25, 0.3) is 10.8 Å². The molecule has 0 saturated carbocycles. The SMILES string of the molecule is CC1CNCC1NS(=O)(=O)c1cccc2ccccc12. The third kappa shape index (κ3) is 2.44. The maximum Gasteiger partial charge on any atom is 0.241 e. The predicted octanol–water partition coefficient (Wildman–Crippen LogP) is 1.73. The van der Waals surface area contributed by atoms with Gasteiger partial charge in [0.05, 0.1) is 4.90 Å². The molecule has 2 atom stereocenters. The van der Waals surface area contributed by atoms with Gasteiger partial charge in [-0.15, -0.1) is 0 Å². The summed E-state index contributed by atoms with van der Waals surface area (Å²) >= 11 is 0. The summed E-state index contributed by atoms with van der Waals surface area (Å²) in [6, 6.07) is 12.9. The lowest BCUT2D eigenvalue weighted by Crippen LogP contribution is -2.39. The highest BCUT2D eigenvalue weighted by molar-refractivity contribution is 7.89. The Labute approximate surface area is 119 Å². The van der Waals surface area contributed by atoms with Crippen molar-refractivity contribution in [2.24, 2.45) is 5.92 Å². The minimum Gasteiger partial charge on any atom is -0.315 e. The van der Waals surface area contributed by atoms with Gasteiger partial charge >= 0.3 is 0 Å². The van der Waals surface area contributed by atoms with Crippen LogP contribution in [-0.4, -0.2) is 27.5 Å². The van der Waals surface area contributed by atoms with Crippen LogP contribution in [0.1, 0.15) is 6.92 Å². The van der Waals surface area contributed by atoms with Gasteiger partial charge < -0.3 is 5.32 Å². The van der Waals surface area contributed by atoms with Gasteiger partial charge in [0.1, 0.15) is 0 Å². The van der Waals surface area contributed by atoms with Crippen molar-refractivity contribution in [1.29, 1.82) is 0 Å². The Morgan fingerprint density at radius 2 is 1.85 bits per heavy atom. The van der Waals surface area contributed by atoms with Crippen LogP contribution in [0.15, 0.2) is 47.4 Å². The third-order valence-electron chi connectivity index (χ3n) is 3.86. The largest absolute Gasteiger partial charge is 0.315 e. The number of hydrogen-bond acceptors (Lipinski definition) is 3. The van der Waals surface area contributed by atoms with Gasteiger partial charge in [0.25, 0.3) is 0 Å². The second kappa shape index (κ2) is 5.16. The highest BCUT2D eigenvalue weighted by atomic mass is 32.2. The summed E-state index contributed by atoms with van der Waals surface area (Å²) in [5.74, 6) is 0.305. The van der Waals surface area contributed by atoms with E-state index in [0.29, 0.717) is 17.4 Å². The molecule has 0 bridgehead atoms. The van der Waals surface area contributed by atoms with Crippen LogP contribution in [0.5, 0.6) is 0 Å².